The van der Waals surface area contributed by atoms with Crippen molar-refractivity contribution in [2.24, 2.45) is 11.8 Å². The summed E-state index contributed by atoms with van der Waals surface area (Å²) >= 11 is 0. The molecular formula is C14H20N2O3. The topological polar surface area (TPSA) is 62.6 Å². The molecule has 1 N–H and O–H groups in total. The molecule has 2 unspecified atom stereocenters. The predicted octanol–water partition coefficient (Wildman–Crippen LogP) is 1.51. The van der Waals surface area contributed by atoms with Gasteiger partial charge in [0.2, 0.25) is 5.91 Å². The number of nitrogens with zero attached hydrogens (tertiary/aromatic N) is 1. The van der Waals surface area contributed by atoms with Gasteiger partial charge in [0, 0.05) is 13.1 Å². The molecule has 0 aromatic carbocycles. The third-order valence-corrected chi connectivity index (χ3v) is 3.37. The lowest BCUT2D eigenvalue weighted by Crippen LogP contribution is -2.46. The molecule has 0 spiro atoms. The molecule has 2 rings (SSSR count). The van der Waals surface area contributed by atoms with Gasteiger partial charge in [-0.15, -0.1) is 0 Å². The third-order valence-electron chi connectivity index (χ3n) is 3.37. The van der Waals surface area contributed by atoms with Crippen molar-refractivity contribution in [1.82, 2.24) is 10.2 Å². The second-order valence-electron chi connectivity index (χ2n) is 5.40. The summed E-state index contributed by atoms with van der Waals surface area (Å²) in [5.41, 5.74) is 0. The van der Waals surface area contributed by atoms with Crippen LogP contribution < -0.4 is 5.32 Å². The maximum Gasteiger partial charge on any atom is 0.287 e. The van der Waals surface area contributed by atoms with Gasteiger partial charge in [0.05, 0.1) is 12.8 Å². The number of hydrogen-bond acceptors (Lipinski definition) is 3. The Hall–Kier alpha value is -1.78. The molecule has 104 valence electrons. The number of hydrogen-bond donors (Lipinski definition) is 1. The van der Waals surface area contributed by atoms with Gasteiger partial charge in [-0.05, 0) is 30.4 Å². The summed E-state index contributed by atoms with van der Waals surface area (Å²) in [7, 11) is 0. The van der Waals surface area contributed by atoms with Gasteiger partial charge < -0.3 is 14.6 Å². The minimum Gasteiger partial charge on any atom is -0.459 e. The smallest absolute Gasteiger partial charge is 0.287 e. The normalized spacial score (nSPS) is 23.2. The first-order valence-electron chi connectivity index (χ1n) is 6.65. The van der Waals surface area contributed by atoms with E-state index in [2.05, 4.69) is 19.2 Å². The first-order valence-corrected chi connectivity index (χ1v) is 6.65. The molecule has 5 nitrogen and oxygen atoms in total. The fraction of sp³-hybridized carbons (Fsp3) is 0.571. The molecule has 1 aromatic heterocycles. The van der Waals surface area contributed by atoms with Crippen LogP contribution in [-0.2, 0) is 4.79 Å². The van der Waals surface area contributed by atoms with Crippen LogP contribution in [0.2, 0.25) is 0 Å². The number of furan rings is 1. The van der Waals surface area contributed by atoms with E-state index < -0.39 is 0 Å². The number of carbonyl (C=O) groups excluding carboxylic acids is 2. The molecule has 1 aliphatic rings. The molecule has 2 atom stereocenters. The molecule has 19 heavy (non-hydrogen) atoms. The van der Waals surface area contributed by atoms with Crippen LogP contribution in [0.25, 0.3) is 0 Å². The summed E-state index contributed by atoms with van der Waals surface area (Å²) in [5, 5.41) is 2.59. The zero-order valence-corrected chi connectivity index (χ0v) is 11.4. The number of nitrogens with one attached hydrogen (secondary N) is 1. The lowest BCUT2D eigenvalue weighted by atomic mass is 9.92. The van der Waals surface area contributed by atoms with Crippen molar-refractivity contribution in [3.63, 3.8) is 0 Å². The van der Waals surface area contributed by atoms with Gasteiger partial charge in [-0.1, -0.05) is 13.8 Å². The molecule has 0 radical (unpaired) electrons. The quantitative estimate of drug-likeness (QED) is 0.900. The number of rotatable bonds is 3. The van der Waals surface area contributed by atoms with Gasteiger partial charge in [-0.3, -0.25) is 9.59 Å². The van der Waals surface area contributed by atoms with Crippen LogP contribution in [0.5, 0.6) is 0 Å². The summed E-state index contributed by atoms with van der Waals surface area (Å²) in [6.07, 6.45) is 2.59. The molecule has 0 bridgehead atoms. The SMILES string of the molecule is CC1CC(C)CN(C(=O)CNC(=O)c2ccco2)C1. The Morgan fingerprint density at radius 2 is 2.05 bits per heavy atom. The Bertz CT molecular complexity index is 432. The Balaban J connectivity index is 1.82. The van der Waals surface area contributed by atoms with Gasteiger partial charge in [0.1, 0.15) is 0 Å². The number of piperidine rings is 1. The van der Waals surface area contributed by atoms with Crippen molar-refractivity contribution in [2.45, 2.75) is 20.3 Å². The Labute approximate surface area is 113 Å². The first kappa shape index (κ1) is 13.6. The van der Waals surface area contributed by atoms with Crippen LogP contribution in [0.1, 0.15) is 30.8 Å². The van der Waals surface area contributed by atoms with Crippen LogP contribution in [0, 0.1) is 11.8 Å². The molecule has 0 aliphatic carbocycles. The molecule has 0 saturated carbocycles. The number of carbonyl (C=O) groups is 2. The monoisotopic (exact) mass is 264 g/mol. The van der Waals surface area contributed by atoms with Crippen LogP contribution in [-0.4, -0.2) is 36.3 Å². The maximum atomic E-state index is 12.0. The highest BCUT2D eigenvalue weighted by molar-refractivity contribution is 5.94. The minimum absolute atomic E-state index is 0.0268. The summed E-state index contributed by atoms with van der Waals surface area (Å²) in [4.78, 5) is 25.5. The van der Waals surface area contributed by atoms with Gasteiger partial charge >= 0.3 is 0 Å². The second kappa shape index (κ2) is 5.91. The minimum atomic E-state index is -0.351. The van der Waals surface area contributed by atoms with Crippen LogP contribution in [0.4, 0.5) is 0 Å². The summed E-state index contributed by atoms with van der Waals surface area (Å²) in [6.45, 7) is 5.88. The van der Waals surface area contributed by atoms with E-state index in [0.29, 0.717) is 11.8 Å². The molecule has 1 aromatic rings. The lowest BCUT2D eigenvalue weighted by Gasteiger charge is -2.35. The number of likely N-dealkylation sites (tertiary alicyclic amines) is 1. The van der Waals surface area contributed by atoms with Crippen LogP contribution in [0.3, 0.4) is 0 Å². The standard InChI is InChI=1S/C14H20N2O3/c1-10-6-11(2)9-16(8-10)13(17)7-15-14(18)12-4-3-5-19-12/h3-5,10-11H,6-9H2,1-2H3,(H,15,18). The highest BCUT2D eigenvalue weighted by Crippen LogP contribution is 2.20. The number of amides is 2. The van der Waals surface area contributed by atoms with E-state index in [9.17, 15) is 9.59 Å². The van der Waals surface area contributed by atoms with E-state index in [1.54, 1.807) is 12.1 Å². The fourth-order valence-corrected chi connectivity index (χ4v) is 2.63. The van der Waals surface area contributed by atoms with E-state index in [-0.39, 0.29) is 24.1 Å². The predicted molar refractivity (Wildman–Crippen MR) is 70.6 cm³/mol. The largest absolute Gasteiger partial charge is 0.459 e. The van der Waals surface area contributed by atoms with Crippen LogP contribution >= 0.6 is 0 Å². The third kappa shape index (κ3) is 3.59. The van der Waals surface area contributed by atoms with Gasteiger partial charge in [0.15, 0.2) is 5.76 Å². The molecule has 1 saturated heterocycles. The van der Waals surface area contributed by atoms with E-state index >= 15 is 0 Å². The molecule has 2 heterocycles. The molecule has 1 aliphatic heterocycles. The molecule has 5 heteroatoms. The zero-order valence-electron chi connectivity index (χ0n) is 11.4. The highest BCUT2D eigenvalue weighted by atomic mass is 16.3. The summed E-state index contributed by atoms with van der Waals surface area (Å²) in [5.74, 6) is 0.893. The van der Waals surface area contributed by atoms with E-state index in [4.69, 9.17) is 4.42 Å². The molecule has 1 fully saturated rings. The molecule has 2 amide bonds. The second-order valence-corrected chi connectivity index (χ2v) is 5.40. The van der Waals surface area contributed by atoms with Crippen molar-refractivity contribution in [3.05, 3.63) is 24.2 Å². The van der Waals surface area contributed by atoms with Crippen molar-refractivity contribution >= 4 is 11.8 Å². The maximum absolute atomic E-state index is 12.0. The van der Waals surface area contributed by atoms with Gasteiger partial charge in [-0.2, -0.15) is 0 Å². The van der Waals surface area contributed by atoms with Crippen LogP contribution in [0.15, 0.2) is 22.8 Å². The van der Waals surface area contributed by atoms with E-state index in [0.717, 1.165) is 19.5 Å². The average molecular weight is 264 g/mol. The average Bonchev–Trinajstić information content (AvgIpc) is 2.88. The Morgan fingerprint density at radius 1 is 1.37 bits per heavy atom. The van der Waals surface area contributed by atoms with Crippen molar-refractivity contribution in [3.8, 4) is 0 Å². The van der Waals surface area contributed by atoms with Crippen molar-refractivity contribution in [1.29, 1.82) is 0 Å². The molecular weight excluding hydrogens is 244 g/mol. The Morgan fingerprint density at radius 3 is 2.63 bits per heavy atom. The summed E-state index contributed by atoms with van der Waals surface area (Å²) in [6, 6.07) is 3.22. The first-order chi connectivity index (χ1) is 9.06. The summed E-state index contributed by atoms with van der Waals surface area (Å²) < 4.78 is 4.97. The Kier molecular flexibility index (Phi) is 4.24. The van der Waals surface area contributed by atoms with E-state index in [1.165, 1.54) is 6.26 Å². The van der Waals surface area contributed by atoms with Gasteiger partial charge in [-0.25, -0.2) is 0 Å². The van der Waals surface area contributed by atoms with Crippen molar-refractivity contribution in [2.75, 3.05) is 19.6 Å². The van der Waals surface area contributed by atoms with Crippen molar-refractivity contribution < 1.29 is 14.0 Å². The van der Waals surface area contributed by atoms with E-state index in [1.807, 2.05) is 4.90 Å². The zero-order chi connectivity index (χ0) is 13.8. The lowest BCUT2D eigenvalue weighted by molar-refractivity contribution is -0.132. The fourth-order valence-electron chi connectivity index (χ4n) is 2.63. The highest BCUT2D eigenvalue weighted by Gasteiger charge is 2.25. The van der Waals surface area contributed by atoms with Gasteiger partial charge in [0.25, 0.3) is 5.91 Å².